The summed E-state index contributed by atoms with van der Waals surface area (Å²) in [5, 5.41) is 9.01. The van der Waals surface area contributed by atoms with Crippen LogP contribution in [0.15, 0.2) is 24.3 Å². The molecule has 1 unspecified atom stereocenters. The van der Waals surface area contributed by atoms with Crippen LogP contribution in [-0.4, -0.2) is 57.2 Å². The summed E-state index contributed by atoms with van der Waals surface area (Å²) in [5.74, 6) is -0.531. The highest BCUT2D eigenvalue weighted by atomic mass is 35.5. The maximum Gasteiger partial charge on any atom is 0.329 e. The van der Waals surface area contributed by atoms with Gasteiger partial charge in [-0.05, 0) is 30.7 Å². The van der Waals surface area contributed by atoms with E-state index in [1.54, 1.807) is 31.4 Å². The SMILES string of the molecule is COCCNCCNC(=O)CCC1NC(=O)N(c2ccc(Cl)cc2)C1=O. The van der Waals surface area contributed by atoms with Gasteiger partial charge in [-0.1, -0.05) is 11.6 Å². The topological polar surface area (TPSA) is 99.8 Å². The number of imide groups is 1. The fraction of sp³-hybridized carbons (Fsp3) is 0.471. The van der Waals surface area contributed by atoms with E-state index in [9.17, 15) is 14.4 Å². The summed E-state index contributed by atoms with van der Waals surface area (Å²) in [6.45, 7) is 2.46. The third-order valence-electron chi connectivity index (χ3n) is 3.87. The molecule has 1 aromatic rings. The number of methoxy groups -OCH3 is 1. The molecule has 1 aliphatic rings. The van der Waals surface area contributed by atoms with Crippen molar-refractivity contribution in [3.05, 3.63) is 29.3 Å². The van der Waals surface area contributed by atoms with Crippen LogP contribution in [0.5, 0.6) is 0 Å². The monoisotopic (exact) mass is 382 g/mol. The van der Waals surface area contributed by atoms with E-state index in [0.29, 0.717) is 30.4 Å². The van der Waals surface area contributed by atoms with Crippen molar-refractivity contribution in [2.24, 2.45) is 0 Å². The minimum Gasteiger partial charge on any atom is -0.383 e. The maximum atomic E-state index is 12.4. The number of urea groups is 1. The van der Waals surface area contributed by atoms with Gasteiger partial charge in [0.15, 0.2) is 0 Å². The first-order valence-corrected chi connectivity index (χ1v) is 8.77. The Morgan fingerprint density at radius 2 is 1.96 bits per heavy atom. The summed E-state index contributed by atoms with van der Waals surface area (Å²) in [7, 11) is 1.63. The predicted molar refractivity (Wildman–Crippen MR) is 98.2 cm³/mol. The molecule has 26 heavy (non-hydrogen) atoms. The normalized spacial score (nSPS) is 16.7. The summed E-state index contributed by atoms with van der Waals surface area (Å²) in [6.07, 6.45) is 0.404. The first-order valence-electron chi connectivity index (χ1n) is 8.39. The number of amides is 4. The average molecular weight is 383 g/mol. The first kappa shape index (κ1) is 20.2. The lowest BCUT2D eigenvalue weighted by molar-refractivity contribution is -0.121. The molecule has 0 aliphatic carbocycles. The molecule has 8 nitrogen and oxygen atoms in total. The summed E-state index contributed by atoms with van der Waals surface area (Å²) in [6, 6.07) is 5.23. The Morgan fingerprint density at radius 1 is 1.23 bits per heavy atom. The Bertz CT molecular complexity index is 638. The number of halogens is 1. The van der Waals surface area contributed by atoms with Crippen LogP contribution >= 0.6 is 11.6 Å². The van der Waals surface area contributed by atoms with Gasteiger partial charge in [-0.3, -0.25) is 9.59 Å². The predicted octanol–water partition coefficient (Wildman–Crippen LogP) is 0.897. The molecule has 1 heterocycles. The van der Waals surface area contributed by atoms with Crippen LogP contribution in [0.4, 0.5) is 10.5 Å². The van der Waals surface area contributed by atoms with Gasteiger partial charge in [-0.25, -0.2) is 9.69 Å². The molecule has 4 amide bonds. The lowest BCUT2D eigenvalue weighted by atomic mass is 10.1. The van der Waals surface area contributed by atoms with Crippen molar-refractivity contribution in [1.29, 1.82) is 0 Å². The van der Waals surface area contributed by atoms with E-state index in [1.807, 2.05) is 0 Å². The van der Waals surface area contributed by atoms with Crippen LogP contribution in [0.25, 0.3) is 0 Å². The third kappa shape index (κ3) is 5.69. The van der Waals surface area contributed by atoms with Gasteiger partial charge in [-0.2, -0.15) is 0 Å². The second-order valence-electron chi connectivity index (χ2n) is 5.78. The van der Waals surface area contributed by atoms with Gasteiger partial charge >= 0.3 is 6.03 Å². The van der Waals surface area contributed by atoms with Crippen molar-refractivity contribution in [3.8, 4) is 0 Å². The number of hydrogen-bond donors (Lipinski definition) is 3. The summed E-state index contributed by atoms with van der Waals surface area (Å²) >= 11 is 5.82. The van der Waals surface area contributed by atoms with Crippen LogP contribution in [0.2, 0.25) is 5.02 Å². The van der Waals surface area contributed by atoms with E-state index in [-0.39, 0.29) is 24.7 Å². The molecule has 1 aromatic carbocycles. The van der Waals surface area contributed by atoms with Crippen molar-refractivity contribution in [1.82, 2.24) is 16.0 Å². The fourth-order valence-electron chi connectivity index (χ4n) is 2.51. The molecule has 0 saturated carbocycles. The Kier molecular flexibility index (Phi) is 7.83. The van der Waals surface area contributed by atoms with E-state index in [4.69, 9.17) is 16.3 Å². The number of anilines is 1. The van der Waals surface area contributed by atoms with Gasteiger partial charge in [0.25, 0.3) is 5.91 Å². The van der Waals surface area contributed by atoms with E-state index >= 15 is 0 Å². The van der Waals surface area contributed by atoms with Crippen LogP contribution in [-0.2, 0) is 14.3 Å². The molecule has 1 saturated heterocycles. The average Bonchev–Trinajstić information content (AvgIpc) is 2.91. The van der Waals surface area contributed by atoms with Crippen molar-refractivity contribution < 1.29 is 19.1 Å². The molecule has 1 fully saturated rings. The zero-order chi connectivity index (χ0) is 18.9. The van der Waals surface area contributed by atoms with Gasteiger partial charge in [0.2, 0.25) is 5.91 Å². The number of rotatable bonds is 10. The molecule has 9 heteroatoms. The lowest BCUT2D eigenvalue weighted by Crippen LogP contribution is -2.35. The molecule has 0 radical (unpaired) electrons. The molecule has 0 aromatic heterocycles. The molecular weight excluding hydrogens is 360 g/mol. The van der Waals surface area contributed by atoms with Crippen LogP contribution in [0, 0.1) is 0 Å². The minimum absolute atomic E-state index is 0.156. The lowest BCUT2D eigenvalue weighted by Gasteiger charge is -2.13. The smallest absolute Gasteiger partial charge is 0.329 e. The van der Waals surface area contributed by atoms with Crippen molar-refractivity contribution in [2.45, 2.75) is 18.9 Å². The van der Waals surface area contributed by atoms with Gasteiger partial charge in [0.05, 0.1) is 12.3 Å². The molecule has 142 valence electrons. The van der Waals surface area contributed by atoms with Gasteiger partial charge in [0, 0.05) is 38.2 Å². The fourth-order valence-corrected chi connectivity index (χ4v) is 2.64. The van der Waals surface area contributed by atoms with Crippen LogP contribution in [0.1, 0.15) is 12.8 Å². The Hall–Kier alpha value is -2.16. The number of ether oxygens (including phenoxy) is 1. The molecule has 1 aliphatic heterocycles. The van der Waals surface area contributed by atoms with Gasteiger partial charge in [-0.15, -0.1) is 0 Å². The first-order chi connectivity index (χ1) is 12.5. The van der Waals surface area contributed by atoms with Gasteiger partial charge < -0.3 is 20.7 Å². The van der Waals surface area contributed by atoms with Gasteiger partial charge in [0.1, 0.15) is 6.04 Å². The van der Waals surface area contributed by atoms with Crippen molar-refractivity contribution >= 4 is 35.1 Å². The van der Waals surface area contributed by atoms with E-state index < -0.39 is 12.1 Å². The van der Waals surface area contributed by atoms with Crippen LogP contribution < -0.4 is 20.9 Å². The Labute approximate surface area is 157 Å². The van der Waals surface area contributed by atoms with Crippen molar-refractivity contribution in [2.75, 3.05) is 38.3 Å². The zero-order valence-electron chi connectivity index (χ0n) is 14.6. The second kappa shape index (κ2) is 10.1. The van der Waals surface area contributed by atoms with E-state index in [0.717, 1.165) is 11.4 Å². The highest BCUT2D eigenvalue weighted by Gasteiger charge is 2.38. The highest BCUT2D eigenvalue weighted by molar-refractivity contribution is 6.30. The number of benzene rings is 1. The van der Waals surface area contributed by atoms with E-state index in [1.165, 1.54) is 0 Å². The number of nitrogens with zero attached hydrogens (tertiary/aromatic N) is 1. The molecule has 0 bridgehead atoms. The molecular formula is C17H23ClN4O4. The Morgan fingerprint density at radius 3 is 2.65 bits per heavy atom. The quantitative estimate of drug-likeness (QED) is 0.412. The molecule has 2 rings (SSSR count). The number of carbonyl (C=O) groups excluding carboxylic acids is 3. The zero-order valence-corrected chi connectivity index (χ0v) is 15.3. The van der Waals surface area contributed by atoms with E-state index in [2.05, 4.69) is 16.0 Å². The molecule has 1 atom stereocenters. The summed E-state index contributed by atoms with van der Waals surface area (Å²) < 4.78 is 4.90. The Balaban J connectivity index is 1.75. The number of hydrogen-bond acceptors (Lipinski definition) is 5. The van der Waals surface area contributed by atoms with Crippen molar-refractivity contribution in [3.63, 3.8) is 0 Å². The molecule has 0 spiro atoms. The second-order valence-corrected chi connectivity index (χ2v) is 6.22. The summed E-state index contributed by atoms with van der Waals surface area (Å²) in [4.78, 5) is 37.4. The largest absolute Gasteiger partial charge is 0.383 e. The third-order valence-corrected chi connectivity index (χ3v) is 4.12. The summed E-state index contributed by atoms with van der Waals surface area (Å²) in [5.41, 5.74) is 0.450. The van der Waals surface area contributed by atoms with Crippen LogP contribution in [0.3, 0.4) is 0 Å². The maximum absolute atomic E-state index is 12.4. The number of carbonyl (C=O) groups is 3. The highest BCUT2D eigenvalue weighted by Crippen LogP contribution is 2.22. The standard InChI is InChI=1S/C17H23ClN4O4/c1-26-11-10-19-8-9-20-15(23)7-6-14-16(24)22(17(25)21-14)13-4-2-12(18)3-5-13/h2-5,14,19H,6-11H2,1H3,(H,20,23)(H,21,25). The minimum atomic E-state index is -0.705. The molecule has 3 N–H and O–H groups in total. The number of nitrogens with one attached hydrogen (secondary N) is 3.